The predicted molar refractivity (Wildman–Crippen MR) is 130 cm³/mol. The van der Waals surface area contributed by atoms with E-state index in [1.54, 1.807) is 22.2 Å². The van der Waals surface area contributed by atoms with E-state index < -0.39 is 0 Å². The molecule has 0 unspecified atom stereocenters. The number of carbonyl (C=O) groups is 1. The lowest BCUT2D eigenvalue weighted by atomic mass is 9.91. The Bertz CT molecular complexity index is 1140. The van der Waals surface area contributed by atoms with Crippen molar-refractivity contribution in [2.75, 3.05) is 0 Å². The molecule has 2 aromatic heterocycles. The fourth-order valence-electron chi connectivity index (χ4n) is 4.62. The first-order valence-electron chi connectivity index (χ1n) is 11.5. The monoisotopic (exact) mass is 452 g/mol. The summed E-state index contributed by atoms with van der Waals surface area (Å²) in [5.41, 5.74) is 8.13. The van der Waals surface area contributed by atoms with Gasteiger partial charge in [0, 0.05) is 17.5 Å². The zero-order valence-electron chi connectivity index (χ0n) is 18.8. The Hall–Kier alpha value is -2.51. The molecule has 3 N–H and O–H groups in total. The first-order valence-corrected chi connectivity index (χ1v) is 12.3. The van der Waals surface area contributed by atoms with Gasteiger partial charge in [-0.3, -0.25) is 14.2 Å². The maximum Gasteiger partial charge on any atom is 0.262 e. The van der Waals surface area contributed by atoms with Gasteiger partial charge < -0.3 is 11.1 Å². The first kappa shape index (κ1) is 22.7. The number of nitrogens with one attached hydrogen (secondary N) is 1. The SMILES string of the molecule is CC(C)C[C@H](N[C@H]1CCc2c(sc3ncn(CCCc4ccccc4)c(=O)c23)C1)C(N)=O. The summed E-state index contributed by atoms with van der Waals surface area (Å²) in [7, 11) is 0. The molecule has 0 bridgehead atoms. The zero-order chi connectivity index (χ0) is 22.7. The van der Waals surface area contributed by atoms with Gasteiger partial charge in [0.1, 0.15) is 4.83 Å². The molecule has 0 spiro atoms. The number of nitrogens with two attached hydrogens (primary N) is 1. The van der Waals surface area contributed by atoms with Crippen molar-refractivity contribution in [3.8, 4) is 0 Å². The molecule has 1 amide bonds. The van der Waals surface area contributed by atoms with Gasteiger partial charge in [0.25, 0.3) is 5.56 Å². The molecule has 0 radical (unpaired) electrons. The molecule has 0 saturated heterocycles. The number of aryl methyl sites for hydroxylation is 3. The quantitative estimate of drug-likeness (QED) is 0.520. The van der Waals surface area contributed by atoms with Gasteiger partial charge >= 0.3 is 0 Å². The van der Waals surface area contributed by atoms with E-state index >= 15 is 0 Å². The van der Waals surface area contributed by atoms with E-state index in [-0.39, 0.29) is 23.6 Å². The van der Waals surface area contributed by atoms with E-state index in [0.717, 1.165) is 54.3 Å². The van der Waals surface area contributed by atoms with Crippen LogP contribution in [0.4, 0.5) is 0 Å². The fraction of sp³-hybridized carbons (Fsp3) is 0.480. The van der Waals surface area contributed by atoms with Crippen molar-refractivity contribution in [2.45, 2.75) is 71.0 Å². The lowest BCUT2D eigenvalue weighted by Crippen LogP contribution is -2.48. The standard InChI is InChI=1S/C25H32N4O2S/c1-16(2)13-20(23(26)30)28-18-10-11-19-21(14-18)32-24-22(19)25(31)29(15-27-24)12-6-9-17-7-4-3-5-8-17/h3-5,7-8,15-16,18,20,28H,6,9-14H2,1-2H3,(H2,26,30)/t18-,20-/m0/s1. The average Bonchev–Trinajstić information content (AvgIpc) is 3.14. The molecule has 170 valence electrons. The van der Waals surface area contributed by atoms with E-state index in [4.69, 9.17) is 5.73 Å². The molecule has 0 aliphatic heterocycles. The second kappa shape index (κ2) is 9.96. The average molecular weight is 453 g/mol. The van der Waals surface area contributed by atoms with E-state index in [2.05, 4.69) is 36.3 Å². The molecule has 4 rings (SSSR count). The molecule has 0 saturated carbocycles. The summed E-state index contributed by atoms with van der Waals surface area (Å²) >= 11 is 1.62. The Balaban J connectivity index is 1.48. The number of rotatable bonds is 9. The van der Waals surface area contributed by atoms with Crippen LogP contribution in [0.2, 0.25) is 0 Å². The summed E-state index contributed by atoms with van der Waals surface area (Å²) in [6, 6.07) is 10.2. The van der Waals surface area contributed by atoms with Crippen molar-refractivity contribution in [2.24, 2.45) is 11.7 Å². The Kier molecular flexibility index (Phi) is 7.06. The second-order valence-corrected chi connectivity index (χ2v) is 10.3. The molecular formula is C25H32N4O2S. The van der Waals surface area contributed by atoms with Crippen molar-refractivity contribution in [3.63, 3.8) is 0 Å². The third kappa shape index (κ3) is 5.10. The molecule has 1 aliphatic carbocycles. The summed E-state index contributed by atoms with van der Waals surface area (Å²) in [6.07, 6.45) is 6.80. The van der Waals surface area contributed by atoms with Crippen molar-refractivity contribution in [3.05, 3.63) is 63.0 Å². The number of benzene rings is 1. The van der Waals surface area contributed by atoms with Crippen molar-refractivity contribution in [1.82, 2.24) is 14.9 Å². The number of thiophene rings is 1. The first-order chi connectivity index (χ1) is 15.4. The number of fused-ring (bicyclic) bond motifs is 3. The number of primary amides is 1. The van der Waals surface area contributed by atoms with Gasteiger partial charge in [0.05, 0.1) is 17.8 Å². The van der Waals surface area contributed by atoms with Gasteiger partial charge in [0.2, 0.25) is 5.91 Å². The Morgan fingerprint density at radius 1 is 1.31 bits per heavy atom. The highest BCUT2D eigenvalue weighted by atomic mass is 32.1. The third-order valence-electron chi connectivity index (χ3n) is 6.23. The van der Waals surface area contributed by atoms with Crippen LogP contribution in [-0.2, 0) is 30.6 Å². The molecule has 2 atom stereocenters. The number of hydrogen-bond acceptors (Lipinski definition) is 5. The molecule has 1 aliphatic rings. The van der Waals surface area contributed by atoms with E-state index in [0.29, 0.717) is 12.5 Å². The Morgan fingerprint density at radius 3 is 2.81 bits per heavy atom. The van der Waals surface area contributed by atoms with Gasteiger partial charge in [-0.2, -0.15) is 0 Å². The molecule has 7 heteroatoms. The van der Waals surface area contributed by atoms with Gasteiger partial charge in [0.15, 0.2) is 0 Å². The Morgan fingerprint density at radius 2 is 2.09 bits per heavy atom. The molecule has 1 aromatic carbocycles. The lowest BCUT2D eigenvalue weighted by molar-refractivity contribution is -0.120. The summed E-state index contributed by atoms with van der Waals surface area (Å²) in [4.78, 5) is 31.7. The van der Waals surface area contributed by atoms with Crippen LogP contribution in [0, 0.1) is 5.92 Å². The fourth-order valence-corrected chi connectivity index (χ4v) is 5.88. The van der Waals surface area contributed by atoms with Crippen LogP contribution >= 0.6 is 11.3 Å². The number of carbonyl (C=O) groups excluding carboxylic acids is 1. The number of amides is 1. The summed E-state index contributed by atoms with van der Waals surface area (Å²) in [5.74, 6) is 0.105. The van der Waals surface area contributed by atoms with Crippen LogP contribution < -0.4 is 16.6 Å². The van der Waals surface area contributed by atoms with Crippen molar-refractivity contribution < 1.29 is 4.79 Å². The second-order valence-electron chi connectivity index (χ2n) is 9.21. The van der Waals surface area contributed by atoms with Crippen LogP contribution in [0.25, 0.3) is 10.2 Å². The Labute approximate surface area is 192 Å². The molecule has 0 fully saturated rings. The van der Waals surface area contributed by atoms with Crippen LogP contribution in [-0.4, -0.2) is 27.5 Å². The maximum absolute atomic E-state index is 13.2. The van der Waals surface area contributed by atoms with Crippen molar-refractivity contribution >= 4 is 27.5 Å². The minimum Gasteiger partial charge on any atom is -0.368 e. The predicted octanol–water partition coefficient (Wildman–Crippen LogP) is 3.44. The van der Waals surface area contributed by atoms with Gasteiger partial charge in [-0.15, -0.1) is 11.3 Å². The molecule has 32 heavy (non-hydrogen) atoms. The van der Waals surface area contributed by atoms with E-state index in [1.165, 1.54) is 10.4 Å². The molecule has 6 nitrogen and oxygen atoms in total. The zero-order valence-corrected chi connectivity index (χ0v) is 19.7. The highest BCUT2D eigenvalue weighted by molar-refractivity contribution is 7.18. The smallest absolute Gasteiger partial charge is 0.262 e. The van der Waals surface area contributed by atoms with Crippen molar-refractivity contribution in [1.29, 1.82) is 0 Å². The van der Waals surface area contributed by atoms with Crippen LogP contribution in [0.3, 0.4) is 0 Å². The highest BCUT2D eigenvalue weighted by Crippen LogP contribution is 2.34. The number of aromatic nitrogens is 2. The van der Waals surface area contributed by atoms with E-state index in [1.807, 2.05) is 18.2 Å². The minimum atomic E-state index is -0.309. The molecule has 2 heterocycles. The summed E-state index contributed by atoms with van der Waals surface area (Å²) in [6.45, 7) is 4.86. The topological polar surface area (TPSA) is 90.0 Å². The molecular weight excluding hydrogens is 420 g/mol. The highest BCUT2D eigenvalue weighted by Gasteiger charge is 2.28. The van der Waals surface area contributed by atoms with Gasteiger partial charge in [-0.25, -0.2) is 4.98 Å². The largest absolute Gasteiger partial charge is 0.368 e. The maximum atomic E-state index is 13.2. The number of nitrogens with zero attached hydrogens (tertiary/aromatic N) is 2. The van der Waals surface area contributed by atoms with Crippen LogP contribution in [0.15, 0.2) is 41.5 Å². The normalized spacial score (nSPS) is 16.9. The van der Waals surface area contributed by atoms with Crippen LogP contribution in [0.5, 0.6) is 0 Å². The van der Waals surface area contributed by atoms with Gasteiger partial charge in [-0.05, 0) is 55.6 Å². The summed E-state index contributed by atoms with van der Waals surface area (Å²) < 4.78 is 1.76. The third-order valence-corrected chi connectivity index (χ3v) is 7.39. The van der Waals surface area contributed by atoms with E-state index in [9.17, 15) is 9.59 Å². The molecule has 3 aromatic rings. The van der Waals surface area contributed by atoms with Gasteiger partial charge in [-0.1, -0.05) is 44.2 Å². The summed E-state index contributed by atoms with van der Waals surface area (Å²) in [5, 5.41) is 4.26. The van der Waals surface area contributed by atoms with Crippen LogP contribution in [0.1, 0.15) is 49.1 Å². The lowest BCUT2D eigenvalue weighted by Gasteiger charge is -2.28. The number of hydrogen-bond donors (Lipinski definition) is 2. The minimum absolute atomic E-state index is 0.0711.